The summed E-state index contributed by atoms with van der Waals surface area (Å²) in [5, 5.41) is 21.4. The van der Waals surface area contributed by atoms with Gasteiger partial charge in [0.25, 0.3) is 5.69 Å². The number of non-ortho nitro benzene ring substituents is 1. The van der Waals surface area contributed by atoms with Gasteiger partial charge in [-0.25, -0.2) is 0 Å². The fraction of sp³-hybridized carbons (Fsp3) is 0.143. The molecule has 118 valence electrons. The molecule has 0 atom stereocenters. The Bertz CT molecular complexity index is 749. The Morgan fingerprint density at radius 1 is 1.26 bits per heavy atom. The Morgan fingerprint density at radius 3 is 2.65 bits per heavy atom. The first-order chi connectivity index (χ1) is 11.0. The zero-order valence-corrected chi connectivity index (χ0v) is 12.9. The van der Waals surface area contributed by atoms with Gasteiger partial charge in [0.1, 0.15) is 5.03 Å². The molecule has 1 aromatic carbocycles. The minimum absolute atomic E-state index is 0.0787. The second-order valence-electron chi connectivity index (χ2n) is 4.46. The van der Waals surface area contributed by atoms with Crippen molar-refractivity contribution < 1.29 is 14.5 Å². The van der Waals surface area contributed by atoms with E-state index >= 15 is 0 Å². The molecule has 0 aliphatic rings. The number of hydrogen-bond acceptors (Lipinski definition) is 7. The summed E-state index contributed by atoms with van der Waals surface area (Å²) in [5.74, 6) is -0.0890. The van der Waals surface area contributed by atoms with Gasteiger partial charge < -0.3 is 5.32 Å². The van der Waals surface area contributed by atoms with Crippen LogP contribution in [0.2, 0.25) is 0 Å². The van der Waals surface area contributed by atoms with E-state index in [1.807, 2.05) is 0 Å². The number of ketones is 1. The molecular weight excluding hydrogens is 320 g/mol. The maximum Gasteiger partial charge on any atom is 0.270 e. The molecule has 8 nitrogen and oxygen atoms in total. The average molecular weight is 332 g/mol. The van der Waals surface area contributed by atoms with Crippen molar-refractivity contribution in [2.75, 3.05) is 11.1 Å². The number of carbonyl (C=O) groups excluding carboxylic acids is 2. The van der Waals surface area contributed by atoms with Crippen LogP contribution in [0.3, 0.4) is 0 Å². The first-order valence-electron chi connectivity index (χ1n) is 6.47. The van der Waals surface area contributed by atoms with Crippen LogP contribution in [0.15, 0.2) is 41.4 Å². The third-order valence-corrected chi connectivity index (χ3v) is 3.59. The summed E-state index contributed by atoms with van der Waals surface area (Å²) in [4.78, 5) is 33.1. The van der Waals surface area contributed by atoms with Gasteiger partial charge in [-0.3, -0.25) is 19.7 Å². The van der Waals surface area contributed by atoms with E-state index in [1.54, 1.807) is 12.1 Å². The summed E-state index contributed by atoms with van der Waals surface area (Å²) in [5.41, 5.74) is 0.148. The second kappa shape index (κ2) is 7.45. The maximum absolute atomic E-state index is 12.1. The number of amides is 1. The van der Waals surface area contributed by atoms with E-state index in [2.05, 4.69) is 15.5 Å². The highest BCUT2D eigenvalue weighted by Gasteiger charge is 2.12. The van der Waals surface area contributed by atoms with Gasteiger partial charge >= 0.3 is 0 Å². The molecule has 0 bridgehead atoms. The van der Waals surface area contributed by atoms with E-state index in [0.717, 1.165) is 11.8 Å². The number of benzene rings is 1. The standard InChI is InChI=1S/C14H12N4O4S/c1-9(19)15-13-5-6-14(17-16-13)23-8-12(20)10-3-2-4-11(7-10)18(21)22/h2-7H,8H2,1H3,(H,15,16,19). The number of nitrogens with zero attached hydrogens (tertiary/aromatic N) is 3. The highest BCUT2D eigenvalue weighted by molar-refractivity contribution is 7.99. The van der Waals surface area contributed by atoms with E-state index < -0.39 is 4.92 Å². The average Bonchev–Trinajstić information content (AvgIpc) is 2.53. The quantitative estimate of drug-likeness (QED) is 0.373. The number of aromatic nitrogens is 2. The van der Waals surface area contributed by atoms with E-state index in [4.69, 9.17) is 0 Å². The summed E-state index contributed by atoms with van der Waals surface area (Å²) in [7, 11) is 0. The molecule has 0 unspecified atom stereocenters. The van der Waals surface area contributed by atoms with Crippen LogP contribution < -0.4 is 5.32 Å². The minimum Gasteiger partial charge on any atom is -0.309 e. The van der Waals surface area contributed by atoms with Crippen LogP contribution in [0.1, 0.15) is 17.3 Å². The van der Waals surface area contributed by atoms with Gasteiger partial charge in [0.05, 0.1) is 10.7 Å². The Labute approximate surface area is 135 Å². The Hall–Kier alpha value is -2.81. The summed E-state index contributed by atoms with van der Waals surface area (Å²) < 4.78 is 0. The largest absolute Gasteiger partial charge is 0.309 e. The van der Waals surface area contributed by atoms with Crippen LogP contribution in [0.4, 0.5) is 11.5 Å². The Kier molecular flexibility index (Phi) is 5.36. The van der Waals surface area contributed by atoms with Crippen LogP contribution in [0.25, 0.3) is 0 Å². The van der Waals surface area contributed by atoms with Crippen molar-refractivity contribution in [2.24, 2.45) is 0 Å². The van der Waals surface area contributed by atoms with E-state index in [-0.39, 0.29) is 28.7 Å². The molecule has 1 N–H and O–H groups in total. The van der Waals surface area contributed by atoms with Crippen molar-refractivity contribution in [2.45, 2.75) is 11.9 Å². The van der Waals surface area contributed by atoms with Gasteiger partial charge in [-0.15, -0.1) is 10.2 Å². The van der Waals surface area contributed by atoms with Crippen LogP contribution >= 0.6 is 11.8 Å². The fourth-order valence-corrected chi connectivity index (χ4v) is 2.37. The smallest absolute Gasteiger partial charge is 0.270 e. The summed E-state index contributed by atoms with van der Waals surface area (Å²) in [6.07, 6.45) is 0. The van der Waals surface area contributed by atoms with Gasteiger partial charge in [0.2, 0.25) is 5.91 Å². The van der Waals surface area contributed by atoms with Gasteiger partial charge in [-0.05, 0) is 12.1 Å². The Morgan fingerprint density at radius 2 is 2.04 bits per heavy atom. The van der Waals surface area contributed by atoms with Gasteiger partial charge in [0.15, 0.2) is 11.6 Å². The van der Waals surface area contributed by atoms with Crippen molar-refractivity contribution in [3.05, 3.63) is 52.1 Å². The van der Waals surface area contributed by atoms with E-state index in [1.165, 1.54) is 31.2 Å². The number of nitro benzene ring substituents is 1. The molecule has 0 fully saturated rings. The molecule has 0 spiro atoms. The van der Waals surface area contributed by atoms with Gasteiger partial charge in [0, 0.05) is 24.6 Å². The van der Waals surface area contributed by atoms with Gasteiger partial charge in [-0.2, -0.15) is 0 Å². The van der Waals surface area contributed by atoms with Crippen molar-refractivity contribution in [1.29, 1.82) is 0 Å². The highest BCUT2D eigenvalue weighted by Crippen LogP contribution is 2.19. The van der Waals surface area contributed by atoms with Crippen LogP contribution in [0, 0.1) is 10.1 Å². The molecule has 0 aliphatic heterocycles. The van der Waals surface area contributed by atoms with E-state index in [9.17, 15) is 19.7 Å². The number of nitrogens with one attached hydrogen (secondary N) is 1. The molecule has 1 amide bonds. The summed E-state index contributed by atoms with van der Waals surface area (Å²) in [6.45, 7) is 1.36. The predicted molar refractivity (Wildman–Crippen MR) is 84.5 cm³/mol. The summed E-state index contributed by atoms with van der Waals surface area (Å²) in [6, 6.07) is 8.78. The van der Waals surface area contributed by atoms with Crippen LogP contribution in [0.5, 0.6) is 0 Å². The maximum atomic E-state index is 12.1. The first-order valence-corrected chi connectivity index (χ1v) is 7.46. The van der Waals surface area contributed by atoms with Crippen LogP contribution in [-0.4, -0.2) is 32.6 Å². The van der Waals surface area contributed by atoms with Crippen molar-refractivity contribution >= 4 is 35.0 Å². The summed E-state index contributed by atoms with van der Waals surface area (Å²) >= 11 is 1.16. The second-order valence-corrected chi connectivity index (χ2v) is 5.45. The number of carbonyl (C=O) groups is 2. The topological polar surface area (TPSA) is 115 Å². The SMILES string of the molecule is CC(=O)Nc1ccc(SCC(=O)c2cccc([N+](=O)[O-])c2)nn1. The molecule has 1 aromatic heterocycles. The lowest BCUT2D eigenvalue weighted by Crippen LogP contribution is -2.08. The number of rotatable bonds is 6. The molecule has 2 rings (SSSR count). The molecular formula is C14H12N4O4S. The number of thioether (sulfide) groups is 1. The molecule has 1 heterocycles. The minimum atomic E-state index is -0.545. The lowest BCUT2D eigenvalue weighted by molar-refractivity contribution is -0.384. The monoisotopic (exact) mass is 332 g/mol. The lowest BCUT2D eigenvalue weighted by Gasteiger charge is -2.03. The zero-order valence-electron chi connectivity index (χ0n) is 12.1. The fourth-order valence-electron chi connectivity index (χ4n) is 1.66. The van der Waals surface area contributed by atoms with E-state index in [0.29, 0.717) is 10.8 Å². The van der Waals surface area contributed by atoms with Crippen molar-refractivity contribution in [1.82, 2.24) is 10.2 Å². The third-order valence-electron chi connectivity index (χ3n) is 2.67. The number of anilines is 1. The van der Waals surface area contributed by atoms with Crippen molar-refractivity contribution in [3.8, 4) is 0 Å². The van der Waals surface area contributed by atoms with Crippen LogP contribution in [-0.2, 0) is 4.79 Å². The molecule has 9 heteroatoms. The molecule has 23 heavy (non-hydrogen) atoms. The Balaban J connectivity index is 1.97. The molecule has 0 radical (unpaired) electrons. The molecule has 0 aliphatic carbocycles. The lowest BCUT2D eigenvalue weighted by atomic mass is 10.1. The molecule has 0 saturated heterocycles. The number of nitro groups is 1. The highest BCUT2D eigenvalue weighted by atomic mass is 32.2. The predicted octanol–water partition coefficient (Wildman–Crippen LogP) is 2.32. The molecule has 0 saturated carbocycles. The van der Waals surface area contributed by atoms with Crippen molar-refractivity contribution in [3.63, 3.8) is 0 Å². The third kappa shape index (κ3) is 4.85. The zero-order chi connectivity index (χ0) is 16.8. The number of hydrogen-bond donors (Lipinski definition) is 1. The number of Topliss-reactive ketones (excluding diaryl/α,β-unsaturated/α-hetero) is 1. The molecule has 2 aromatic rings. The van der Waals surface area contributed by atoms with Gasteiger partial charge in [-0.1, -0.05) is 23.9 Å². The normalized spacial score (nSPS) is 10.1. The first kappa shape index (κ1) is 16.6.